The van der Waals surface area contributed by atoms with E-state index >= 15 is 0 Å². The maximum Gasteiger partial charge on any atom is 0.227 e. The van der Waals surface area contributed by atoms with E-state index in [1.807, 2.05) is 0 Å². The molecule has 0 bridgehead atoms. The lowest BCUT2D eigenvalue weighted by atomic mass is 9.90. The Labute approximate surface area is 91.3 Å². The molecular weight excluding hydrogens is 192 g/mol. The van der Waals surface area contributed by atoms with Crippen molar-refractivity contribution >= 4 is 11.9 Å². The lowest BCUT2D eigenvalue weighted by Gasteiger charge is -2.22. The Kier molecular flexibility index (Phi) is 5.93. The highest BCUT2D eigenvalue weighted by Crippen LogP contribution is 2.17. The summed E-state index contributed by atoms with van der Waals surface area (Å²) in [7, 11) is 0. The van der Waals surface area contributed by atoms with E-state index in [-0.39, 0.29) is 17.3 Å². The van der Waals surface area contributed by atoms with Crippen LogP contribution in [0.15, 0.2) is 0 Å². The number of carbonyl (C=O) groups excluding carboxylic acids is 1. The summed E-state index contributed by atoms with van der Waals surface area (Å²) in [6.07, 6.45) is 1.44. The number of nitrogens with one attached hydrogen (secondary N) is 3. The van der Waals surface area contributed by atoms with Crippen LogP contribution in [-0.2, 0) is 4.79 Å². The van der Waals surface area contributed by atoms with Gasteiger partial charge in [-0.15, -0.1) is 0 Å². The smallest absolute Gasteiger partial charge is 0.227 e. The molecule has 0 aliphatic carbocycles. The molecule has 0 aromatic carbocycles. The number of rotatable bonds is 6. The Morgan fingerprint density at radius 1 is 1.47 bits per heavy atom. The number of nitrogens with two attached hydrogens (primary N) is 1. The Hall–Kier alpha value is -1.10. The fourth-order valence-corrected chi connectivity index (χ4v) is 0.966. The topological polar surface area (TPSA) is 91.0 Å². The van der Waals surface area contributed by atoms with E-state index < -0.39 is 0 Å². The molecule has 0 aliphatic heterocycles. The zero-order valence-electron chi connectivity index (χ0n) is 9.81. The van der Waals surface area contributed by atoms with Crippen LogP contribution in [0.3, 0.4) is 0 Å². The number of guanidine groups is 1. The minimum atomic E-state index is -0.297. The third-order valence-electron chi connectivity index (χ3n) is 2.36. The van der Waals surface area contributed by atoms with E-state index in [2.05, 4.69) is 31.4 Å². The predicted molar refractivity (Wildman–Crippen MR) is 61.6 cm³/mol. The van der Waals surface area contributed by atoms with Crippen molar-refractivity contribution in [3.05, 3.63) is 0 Å². The van der Waals surface area contributed by atoms with E-state index in [0.29, 0.717) is 13.0 Å². The van der Waals surface area contributed by atoms with E-state index in [0.717, 1.165) is 13.0 Å². The summed E-state index contributed by atoms with van der Waals surface area (Å²) in [6.45, 7) is 7.99. The lowest BCUT2D eigenvalue weighted by Crippen LogP contribution is -2.38. The SMILES string of the molecule is CCC(C)(C)CNCCC(=O)NC(=N)N. The fraction of sp³-hybridized carbons (Fsp3) is 0.800. The summed E-state index contributed by atoms with van der Waals surface area (Å²) in [4.78, 5) is 11.1. The van der Waals surface area contributed by atoms with Crippen molar-refractivity contribution in [2.45, 2.75) is 33.6 Å². The van der Waals surface area contributed by atoms with Crippen molar-refractivity contribution in [2.75, 3.05) is 13.1 Å². The van der Waals surface area contributed by atoms with Gasteiger partial charge in [-0.1, -0.05) is 20.8 Å². The van der Waals surface area contributed by atoms with Crippen molar-refractivity contribution in [1.82, 2.24) is 10.6 Å². The molecule has 88 valence electrons. The van der Waals surface area contributed by atoms with Crippen molar-refractivity contribution in [3.63, 3.8) is 0 Å². The minimum absolute atomic E-state index is 0.218. The van der Waals surface area contributed by atoms with Crippen LogP contribution in [0.1, 0.15) is 33.6 Å². The van der Waals surface area contributed by atoms with Gasteiger partial charge in [0.15, 0.2) is 5.96 Å². The highest BCUT2D eigenvalue weighted by atomic mass is 16.1. The quantitative estimate of drug-likeness (QED) is 0.293. The van der Waals surface area contributed by atoms with Gasteiger partial charge in [0.2, 0.25) is 5.91 Å². The monoisotopic (exact) mass is 214 g/mol. The van der Waals surface area contributed by atoms with E-state index in [9.17, 15) is 4.79 Å². The van der Waals surface area contributed by atoms with Gasteiger partial charge in [-0.05, 0) is 11.8 Å². The molecule has 0 spiro atoms. The summed E-state index contributed by atoms with van der Waals surface area (Å²) >= 11 is 0. The first-order chi connectivity index (χ1) is 6.87. The molecule has 5 heteroatoms. The van der Waals surface area contributed by atoms with Crippen LogP contribution in [0.2, 0.25) is 0 Å². The van der Waals surface area contributed by atoms with Crippen molar-refractivity contribution in [3.8, 4) is 0 Å². The van der Waals surface area contributed by atoms with Crippen molar-refractivity contribution < 1.29 is 4.79 Å². The standard InChI is InChI=1S/C10H22N4O/c1-4-10(2,3)7-13-6-5-8(15)14-9(11)12/h13H,4-7H2,1-3H3,(H4,11,12,14,15). The van der Waals surface area contributed by atoms with Crippen LogP contribution >= 0.6 is 0 Å². The predicted octanol–water partition coefficient (Wildman–Crippen LogP) is 0.412. The largest absolute Gasteiger partial charge is 0.370 e. The van der Waals surface area contributed by atoms with E-state index in [4.69, 9.17) is 11.1 Å². The molecule has 0 unspecified atom stereocenters. The highest BCUT2D eigenvalue weighted by Gasteiger charge is 2.13. The van der Waals surface area contributed by atoms with Crippen molar-refractivity contribution in [1.29, 1.82) is 5.41 Å². The molecule has 0 saturated heterocycles. The van der Waals surface area contributed by atoms with Crippen LogP contribution < -0.4 is 16.4 Å². The summed E-state index contributed by atoms with van der Waals surface area (Å²) < 4.78 is 0. The molecule has 5 nitrogen and oxygen atoms in total. The number of carbonyl (C=O) groups is 1. The summed E-state index contributed by atoms with van der Waals surface area (Å²) in [5.41, 5.74) is 5.28. The second-order valence-electron chi connectivity index (χ2n) is 4.41. The Morgan fingerprint density at radius 3 is 2.53 bits per heavy atom. The molecule has 0 radical (unpaired) electrons. The first-order valence-corrected chi connectivity index (χ1v) is 5.22. The Morgan fingerprint density at radius 2 is 2.07 bits per heavy atom. The van der Waals surface area contributed by atoms with Crippen LogP contribution in [-0.4, -0.2) is 25.0 Å². The molecule has 0 aromatic heterocycles. The van der Waals surface area contributed by atoms with Gasteiger partial charge in [0.1, 0.15) is 0 Å². The summed E-state index contributed by atoms with van der Waals surface area (Å²) in [5.74, 6) is -0.516. The van der Waals surface area contributed by atoms with E-state index in [1.165, 1.54) is 0 Å². The first kappa shape index (κ1) is 13.9. The average Bonchev–Trinajstić information content (AvgIpc) is 2.11. The van der Waals surface area contributed by atoms with Gasteiger partial charge in [0, 0.05) is 19.5 Å². The Bertz CT molecular complexity index is 225. The molecule has 5 N–H and O–H groups in total. The summed E-state index contributed by atoms with van der Waals surface area (Å²) in [6, 6.07) is 0. The van der Waals surface area contributed by atoms with Crippen LogP contribution in [0.25, 0.3) is 0 Å². The molecule has 0 fully saturated rings. The fourth-order valence-electron chi connectivity index (χ4n) is 0.966. The lowest BCUT2D eigenvalue weighted by molar-refractivity contribution is -0.119. The number of hydrogen-bond donors (Lipinski definition) is 4. The van der Waals surface area contributed by atoms with Crippen LogP contribution in [0.5, 0.6) is 0 Å². The molecule has 1 amide bonds. The molecule has 0 aliphatic rings. The first-order valence-electron chi connectivity index (χ1n) is 5.22. The van der Waals surface area contributed by atoms with Crippen LogP contribution in [0.4, 0.5) is 0 Å². The van der Waals surface area contributed by atoms with Gasteiger partial charge in [-0.3, -0.25) is 15.5 Å². The average molecular weight is 214 g/mol. The number of amides is 1. The molecule has 0 rings (SSSR count). The zero-order valence-corrected chi connectivity index (χ0v) is 9.81. The normalized spacial score (nSPS) is 11.1. The highest BCUT2D eigenvalue weighted by molar-refractivity contribution is 5.94. The van der Waals surface area contributed by atoms with Crippen LogP contribution in [0, 0.1) is 10.8 Å². The number of hydrogen-bond acceptors (Lipinski definition) is 3. The van der Waals surface area contributed by atoms with E-state index in [1.54, 1.807) is 0 Å². The van der Waals surface area contributed by atoms with Crippen molar-refractivity contribution in [2.24, 2.45) is 11.1 Å². The van der Waals surface area contributed by atoms with Gasteiger partial charge in [0.05, 0.1) is 0 Å². The van der Waals surface area contributed by atoms with Gasteiger partial charge >= 0.3 is 0 Å². The molecule has 0 aromatic rings. The second-order valence-corrected chi connectivity index (χ2v) is 4.41. The summed E-state index contributed by atoms with van der Waals surface area (Å²) in [5, 5.41) is 12.3. The molecule has 15 heavy (non-hydrogen) atoms. The molecular formula is C10H22N4O. The second kappa shape index (κ2) is 6.40. The molecule has 0 saturated carbocycles. The maximum absolute atomic E-state index is 11.1. The van der Waals surface area contributed by atoms with Gasteiger partial charge in [0.25, 0.3) is 0 Å². The Balaban J connectivity index is 3.55. The third-order valence-corrected chi connectivity index (χ3v) is 2.36. The molecule has 0 heterocycles. The van der Waals surface area contributed by atoms with Gasteiger partial charge < -0.3 is 11.1 Å². The zero-order chi connectivity index (χ0) is 11.9. The third kappa shape index (κ3) is 7.93. The van der Waals surface area contributed by atoms with Gasteiger partial charge in [-0.2, -0.15) is 0 Å². The molecule has 0 atom stereocenters. The van der Waals surface area contributed by atoms with Gasteiger partial charge in [-0.25, -0.2) is 0 Å². The maximum atomic E-state index is 11.1. The minimum Gasteiger partial charge on any atom is -0.370 e.